The van der Waals surface area contributed by atoms with Crippen LogP contribution in [0.4, 0.5) is 0 Å². The van der Waals surface area contributed by atoms with Crippen LogP contribution in [0.1, 0.15) is 249 Å². The van der Waals surface area contributed by atoms with Crippen LogP contribution in [0.5, 0.6) is 5.75 Å². The van der Waals surface area contributed by atoms with E-state index < -0.39 is 0 Å². The van der Waals surface area contributed by atoms with Gasteiger partial charge in [0.2, 0.25) is 0 Å². The standard InChI is InChI=1S/C13H20O.C12H19NO.2C11H18N2.2C10H16N2O/c1-8-7-11(14)9(2)10(3)12(8)13(4,5)6;1-7-8(2)10(12(4,5)6)11(14)13-9(7)3;1-7-10(11(4,5)6)8(2)13-9(3)12-7;1-7-8(2)13-10(9(3)12-7)11(4,5)6;1-6-8(10(3,4)5)9(13)12-7(2)11-6;1-6-7(2)12-9(13)8(11-6)10(3,4)5/h7,14H,1-6H3;1-6H3,(H,13,14);2*1-6H3;1-5H3,(H,11,12,13);1-5H3,(H,12,13). The van der Waals surface area contributed by atoms with Gasteiger partial charge in [0.25, 0.3) is 16.7 Å². The zero-order chi connectivity index (χ0) is 63.1. The van der Waals surface area contributed by atoms with Gasteiger partial charge in [0.1, 0.15) is 23.1 Å². The summed E-state index contributed by atoms with van der Waals surface area (Å²) in [5.74, 6) is 1.95. The Hall–Kier alpha value is -6.11. The van der Waals surface area contributed by atoms with Crippen molar-refractivity contribution in [3.8, 4) is 5.75 Å². The number of aryl methyl sites for hydroxylation is 12. The van der Waals surface area contributed by atoms with Crippen molar-refractivity contribution in [2.45, 2.75) is 268 Å². The molecule has 5 aromatic heterocycles. The lowest BCUT2D eigenvalue weighted by Gasteiger charge is -2.25. The molecular weight excluding hydrogens is 995 g/mol. The van der Waals surface area contributed by atoms with Crippen LogP contribution in [-0.2, 0) is 32.5 Å². The van der Waals surface area contributed by atoms with Gasteiger partial charge in [0, 0.05) is 50.4 Å². The number of H-pyrrole nitrogens is 3. The van der Waals surface area contributed by atoms with Crippen LogP contribution in [0.25, 0.3) is 0 Å². The van der Waals surface area contributed by atoms with Crippen LogP contribution >= 0.6 is 0 Å². The number of nitrogens with one attached hydrogen (secondary N) is 3. The van der Waals surface area contributed by atoms with E-state index in [1.54, 1.807) is 6.92 Å². The summed E-state index contributed by atoms with van der Waals surface area (Å²) in [6.07, 6.45) is 0. The maximum atomic E-state index is 11.8. The molecule has 0 saturated carbocycles. The van der Waals surface area contributed by atoms with E-state index in [1.807, 2.05) is 117 Å². The molecule has 0 aliphatic carbocycles. The molecule has 4 N–H and O–H groups in total. The van der Waals surface area contributed by atoms with Crippen molar-refractivity contribution in [1.29, 1.82) is 0 Å². The quantitative estimate of drug-likeness (QED) is 0.114. The number of pyridine rings is 1. The first kappa shape index (κ1) is 71.9. The lowest BCUT2D eigenvalue weighted by Crippen LogP contribution is -2.27. The molecule has 0 aliphatic rings. The Labute approximate surface area is 483 Å². The molecule has 13 nitrogen and oxygen atoms in total. The Balaban J connectivity index is 0.000000480. The summed E-state index contributed by atoms with van der Waals surface area (Å²) >= 11 is 0. The summed E-state index contributed by atoms with van der Waals surface area (Å²) in [6, 6.07) is 1.86. The highest BCUT2D eigenvalue weighted by molar-refractivity contribution is 5.50. The fraction of sp³-hybridized carbons (Fsp3) is 0.597. The van der Waals surface area contributed by atoms with Gasteiger partial charge >= 0.3 is 0 Å². The number of nitrogens with zero attached hydrogens (tertiary/aromatic N) is 6. The third kappa shape index (κ3) is 20.2. The molecule has 0 fully saturated rings. The van der Waals surface area contributed by atoms with E-state index in [9.17, 15) is 19.5 Å². The van der Waals surface area contributed by atoms with Crippen molar-refractivity contribution in [1.82, 2.24) is 44.9 Å². The second kappa shape index (κ2) is 27.1. The second-order valence-corrected chi connectivity index (χ2v) is 27.9. The maximum absolute atomic E-state index is 11.8. The molecular formula is C67H107N9O4. The number of rotatable bonds is 0. The van der Waals surface area contributed by atoms with Crippen LogP contribution in [0.2, 0.25) is 0 Å². The number of hydrogen-bond donors (Lipinski definition) is 4. The van der Waals surface area contributed by atoms with Gasteiger partial charge in [-0.1, -0.05) is 125 Å². The van der Waals surface area contributed by atoms with Crippen molar-refractivity contribution in [3.63, 3.8) is 0 Å². The largest absolute Gasteiger partial charge is 0.508 e. The van der Waals surface area contributed by atoms with Gasteiger partial charge < -0.3 is 20.1 Å². The van der Waals surface area contributed by atoms with Gasteiger partial charge in [-0.15, -0.1) is 0 Å². The molecule has 0 unspecified atom stereocenters. The van der Waals surface area contributed by atoms with Gasteiger partial charge in [0.05, 0.1) is 28.5 Å². The van der Waals surface area contributed by atoms with Crippen molar-refractivity contribution < 1.29 is 5.11 Å². The Kier molecular flexibility index (Phi) is 24.4. The molecule has 0 aliphatic heterocycles. The smallest absolute Gasteiger partial charge is 0.270 e. The average Bonchev–Trinajstić information content (AvgIpc) is 3.22. The summed E-state index contributed by atoms with van der Waals surface area (Å²) in [4.78, 5) is 69.7. The zero-order valence-electron chi connectivity index (χ0n) is 56.4. The van der Waals surface area contributed by atoms with E-state index in [-0.39, 0.29) is 49.2 Å². The molecule has 5 heterocycles. The van der Waals surface area contributed by atoms with Gasteiger partial charge in [-0.2, -0.15) is 0 Å². The van der Waals surface area contributed by atoms with Crippen LogP contribution < -0.4 is 16.7 Å². The molecule has 0 saturated heterocycles. The van der Waals surface area contributed by atoms with Gasteiger partial charge in [-0.25, -0.2) is 15.0 Å². The topological polar surface area (TPSA) is 196 Å². The molecule has 0 bridgehead atoms. The van der Waals surface area contributed by atoms with Crippen molar-refractivity contribution in [3.05, 3.63) is 161 Å². The predicted molar refractivity (Wildman–Crippen MR) is 337 cm³/mol. The zero-order valence-corrected chi connectivity index (χ0v) is 56.4. The third-order valence-electron chi connectivity index (χ3n) is 13.9. The molecule has 1 aromatic carbocycles. The second-order valence-electron chi connectivity index (χ2n) is 27.9. The van der Waals surface area contributed by atoms with Crippen LogP contribution in [0.15, 0.2) is 20.4 Å². The third-order valence-corrected chi connectivity index (χ3v) is 13.9. The molecule has 6 rings (SSSR count). The molecule has 80 heavy (non-hydrogen) atoms. The molecule has 0 atom stereocenters. The summed E-state index contributed by atoms with van der Waals surface area (Å²) in [5.41, 5.74) is 20.5. The van der Waals surface area contributed by atoms with Crippen molar-refractivity contribution >= 4 is 0 Å². The Morgan fingerprint density at radius 2 is 0.700 bits per heavy atom. The SMILES string of the molecule is Cc1[nH]c(=O)c(C(C)(C)C)c(C)c1C.Cc1cc(O)c(C)c(C)c1C(C)(C)C.Cc1nc(C(C)(C)C)c(=O)[nH]c1C.Cc1nc(C)c(C(C)(C)C)c(=O)[nH]1.Cc1nc(C)c(C(C)(C)C)c(C)n1.Cc1nc(C)c(C(C)(C)C)nc1C. The Morgan fingerprint density at radius 1 is 0.325 bits per heavy atom. The molecule has 0 amide bonds. The van der Waals surface area contributed by atoms with Crippen LogP contribution in [-0.4, -0.2) is 50.0 Å². The molecule has 13 heteroatoms. The van der Waals surface area contributed by atoms with Gasteiger partial charge in [0.15, 0.2) is 0 Å². The lowest BCUT2D eigenvalue weighted by molar-refractivity contribution is 0.468. The minimum absolute atomic E-state index is 0.0162. The number of aromatic amines is 3. The fourth-order valence-corrected chi connectivity index (χ4v) is 10.2. The first-order chi connectivity index (χ1) is 35.8. The van der Waals surface area contributed by atoms with E-state index in [4.69, 9.17) is 0 Å². The van der Waals surface area contributed by atoms with Crippen LogP contribution in [0.3, 0.4) is 0 Å². The van der Waals surface area contributed by atoms with Crippen molar-refractivity contribution in [2.24, 2.45) is 0 Å². The number of aromatic hydroxyl groups is 1. The van der Waals surface area contributed by atoms with E-state index in [0.717, 1.165) is 85.0 Å². The molecule has 444 valence electrons. The van der Waals surface area contributed by atoms with Gasteiger partial charge in [-0.05, 0) is 177 Å². The summed E-state index contributed by atoms with van der Waals surface area (Å²) in [7, 11) is 0. The number of benzene rings is 1. The minimum Gasteiger partial charge on any atom is -0.508 e. The average molecular weight is 1100 g/mol. The van der Waals surface area contributed by atoms with Crippen LogP contribution in [0, 0.1) is 111 Å². The fourth-order valence-electron chi connectivity index (χ4n) is 10.2. The molecule has 6 aromatic rings. The number of hydrogen-bond acceptors (Lipinski definition) is 10. The summed E-state index contributed by atoms with van der Waals surface area (Å²) in [6.45, 7) is 69.6. The Morgan fingerprint density at radius 3 is 1.11 bits per heavy atom. The Bertz CT molecular complexity index is 3270. The molecule has 0 spiro atoms. The lowest BCUT2D eigenvalue weighted by atomic mass is 9.80. The number of phenolic OH excluding ortho intramolecular Hbond substituents is 1. The number of phenols is 1. The maximum Gasteiger partial charge on any atom is 0.270 e. The predicted octanol–water partition coefficient (Wildman–Crippen LogP) is 15.0. The summed E-state index contributed by atoms with van der Waals surface area (Å²) < 4.78 is 0. The normalized spacial score (nSPS) is 11.8. The van der Waals surface area contributed by atoms with E-state index >= 15 is 0 Å². The highest BCUT2D eigenvalue weighted by Gasteiger charge is 2.25. The van der Waals surface area contributed by atoms with Gasteiger partial charge in [-0.3, -0.25) is 29.3 Å². The molecule has 0 radical (unpaired) electrons. The minimum atomic E-state index is -0.188. The highest BCUT2D eigenvalue weighted by atomic mass is 16.3. The summed E-state index contributed by atoms with van der Waals surface area (Å²) in [5, 5.41) is 9.67. The van der Waals surface area contributed by atoms with E-state index in [2.05, 4.69) is 163 Å². The first-order valence-electron chi connectivity index (χ1n) is 28.1. The first-order valence-corrected chi connectivity index (χ1v) is 28.1. The van der Waals surface area contributed by atoms with E-state index in [0.29, 0.717) is 17.3 Å². The van der Waals surface area contributed by atoms with E-state index in [1.165, 1.54) is 27.8 Å². The monoisotopic (exact) mass is 1100 g/mol. The van der Waals surface area contributed by atoms with Crippen molar-refractivity contribution in [2.75, 3.05) is 0 Å². The highest BCUT2D eigenvalue weighted by Crippen LogP contribution is 2.35. The number of aromatic nitrogens is 9.